The van der Waals surface area contributed by atoms with Crippen LogP contribution in [-0.4, -0.2) is 14.1 Å². The number of nitrogens with zero attached hydrogens (tertiary/aromatic N) is 4. The molecule has 85 heavy (non-hydrogen) atoms. The van der Waals surface area contributed by atoms with Gasteiger partial charge in [-0.05, 0) is 197 Å². The summed E-state index contributed by atoms with van der Waals surface area (Å²) >= 11 is 0. The van der Waals surface area contributed by atoms with E-state index in [-0.39, 0.29) is 44.7 Å². The number of hydrogen-bond acceptors (Lipinski definition) is 2. The molecule has 0 radical (unpaired) electrons. The van der Waals surface area contributed by atoms with E-state index < -0.39 is 18.1 Å². The first-order valence-electron chi connectivity index (χ1n) is 32.8. The van der Waals surface area contributed by atoms with E-state index in [1.807, 2.05) is 48.7 Å². The molecule has 5 nitrogen and oxygen atoms in total. The fraction of sp³-hybridized carbons (Fsp3) is 0.250. The highest BCUT2D eigenvalue weighted by atomic mass is 16.5. The third-order valence-electron chi connectivity index (χ3n) is 19.6. The van der Waals surface area contributed by atoms with Crippen LogP contribution < -0.4 is 9.30 Å². The molecule has 3 aliphatic carbocycles. The van der Waals surface area contributed by atoms with E-state index in [0.717, 1.165) is 109 Å². The van der Waals surface area contributed by atoms with Gasteiger partial charge in [-0.25, -0.2) is 4.98 Å². The second-order valence-corrected chi connectivity index (χ2v) is 27.9. The first-order valence-corrected chi connectivity index (χ1v) is 30.3. The Bertz CT molecular complexity index is 5020. The summed E-state index contributed by atoms with van der Waals surface area (Å²) < 4.78 is 60.0. The number of imidazole rings is 1. The van der Waals surface area contributed by atoms with Crippen LogP contribution in [0.3, 0.4) is 0 Å². The fourth-order valence-corrected chi connectivity index (χ4v) is 14.5. The van der Waals surface area contributed by atoms with Gasteiger partial charge in [-0.1, -0.05) is 197 Å². The van der Waals surface area contributed by atoms with Crippen molar-refractivity contribution in [2.75, 3.05) is 0 Å². The zero-order valence-electron chi connectivity index (χ0n) is 55.7. The topological polar surface area (TPSA) is 35.9 Å². The summed E-state index contributed by atoms with van der Waals surface area (Å²) in [6.07, 6.45) is 10.0. The molecule has 3 aliphatic rings. The summed E-state index contributed by atoms with van der Waals surface area (Å²) in [5.41, 5.74) is 20.3. The van der Waals surface area contributed by atoms with Gasteiger partial charge in [0.25, 0.3) is 6.33 Å². The molecule has 0 N–H and O–H groups in total. The summed E-state index contributed by atoms with van der Waals surface area (Å²) in [5, 5.41) is 2.23. The van der Waals surface area contributed by atoms with Crippen LogP contribution in [0.15, 0.2) is 200 Å². The molecule has 0 unspecified atom stereocenters. The van der Waals surface area contributed by atoms with E-state index in [4.69, 9.17) is 11.1 Å². The molecule has 0 amide bonds. The predicted octanol–water partition coefficient (Wildman–Crippen LogP) is 20.6. The lowest BCUT2D eigenvalue weighted by atomic mass is 9.60. The second-order valence-electron chi connectivity index (χ2n) is 27.9. The van der Waals surface area contributed by atoms with Crippen molar-refractivity contribution in [3.05, 3.63) is 234 Å². The van der Waals surface area contributed by atoms with Crippen molar-refractivity contribution in [2.24, 2.45) is 0 Å². The molecule has 0 bridgehead atoms. The number of pyridine rings is 1. The van der Waals surface area contributed by atoms with Crippen molar-refractivity contribution in [3.63, 3.8) is 0 Å². The number of rotatable bonds is 6. The van der Waals surface area contributed by atoms with E-state index >= 15 is 0 Å². The molecule has 0 spiro atoms. The van der Waals surface area contributed by atoms with E-state index in [1.54, 1.807) is 0 Å². The first kappa shape index (κ1) is 47.5. The van der Waals surface area contributed by atoms with E-state index in [9.17, 15) is 5.48 Å². The Labute approximate surface area is 508 Å². The molecule has 420 valence electrons. The minimum Gasteiger partial charge on any atom is -0.458 e. The highest BCUT2D eigenvalue weighted by molar-refractivity contribution is 6.10. The molecule has 12 aromatic rings. The van der Waals surface area contributed by atoms with Gasteiger partial charge in [-0.15, -0.1) is 0 Å². The van der Waals surface area contributed by atoms with E-state index in [1.165, 1.54) is 33.4 Å². The average Bonchev–Trinajstić information content (AvgIpc) is 0.882. The Morgan fingerprint density at radius 1 is 0.494 bits per heavy atom. The molecular formula is C80H74N4O. The van der Waals surface area contributed by atoms with Crippen LogP contribution in [0.25, 0.3) is 106 Å². The second kappa shape index (κ2) is 18.9. The van der Waals surface area contributed by atoms with Gasteiger partial charge < -0.3 is 4.74 Å². The van der Waals surface area contributed by atoms with Gasteiger partial charge in [0.2, 0.25) is 0 Å². The number of hydrogen-bond donors (Lipinski definition) is 0. The predicted molar refractivity (Wildman–Crippen MR) is 352 cm³/mol. The Morgan fingerprint density at radius 3 is 1.72 bits per heavy atom. The zero-order valence-corrected chi connectivity index (χ0v) is 50.7. The monoisotopic (exact) mass is 1110 g/mol. The number of fused-ring (bicyclic) bond motifs is 14. The Kier molecular flexibility index (Phi) is 10.5. The summed E-state index contributed by atoms with van der Waals surface area (Å²) in [7, 11) is 0. The molecule has 3 aromatic heterocycles. The third-order valence-corrected chi connectivity index (χ3v) is 19.6. The Morgan fingerprint density at radius 2 is 1.05 bits per heavy atom. The van der Waals surface area contributed by atoms with Crippen molar-refractivity contribution in [1.82, 2.24) is 14.1 Å². The van der Waals surface area contributed by atoms with Crippen LogP contribution in [0.5, 0.6) is 11.5 Å². The van der Waals surface area contributed by atoms with Gasteiger partial charge >= 0.3 is 0 Å². The minimum atomic E-state index is -0.438. The van der Waals surface area contributed by atoms with Gasteiger partial charge in [0.15, 0.2) is 0 Å². The Balaban J connectivity index is 0.996. The summed E-state index contributed by atoms with van der Waals surface area (Å²) in [6.45, 7) is 25.8. The van der Waals surface area contributed by atoms with E-state index in [0.29, 0.717) is 22.7 Å². The van der Waals surface area contributed by atoms with Gasteiger partial charge in [0, 0.05) is 28.6 Å². The van der Waals surface area contributed by atoms with Gasteiger partial charge in [-0.3, -0.25) is 13.7 Å². The van der Waals surface area contributed by atoms with Gasteiger partial charge in [0.05, 0.1) is 40.3 Å². The van der Waals surface area contributed by atoms with Gasteiger partial charge in [-0.2, -0.15) is 0 Å². The van der Waals surface area contributed by atoms with E-state index in [2.05, 4.69) is 218 Å². The fourth-order valence-electron chi connectivity index (χ4n) is 14.5. The molecule has 0 atom stereocenters. The maximum absolute atomic E-state index is 9.75. The minimum absolute atomic E-state index is 0.0493. The Hall–Kier alpha value is -8.80. The lowest BCUT2D eigenvalue weighted by Crippen LogP contribution is -2.35. The molecule has 15 rings (SSSR count). The number of aromatic nitrogens is 4. The maximum atomic E-state index is 9.75. The molecular weight excluding hydrogens is 1030 g/mol. The molecule has 0 aliphatic heterocycles. The van der Waals surface area contributed by atoms with Crippen LogP contribution in [0, 0.1) is 6.33 Å². The van der Waals surface area contributed by atoms with Crippen LogP contribution >= 0.6 is 0 Å². The number of benzene rings is 9. The van der Waals surface area contributed by atoms with Crippen molar-refractivity contribution in [2.45, 2.75) is 129 Å². The van der Waals surface area contributed by atoms with Crippen molar-refractivity contribution in [3.8, 4) is 84.3 Å². The molecule has 3 heterocycles. The lowest BCUT2D eigenvalue weighted by molar-refractivity contribution is -0.571. The average molecular weight is 1110 g/mol. The van der Waals surface area contributed by atoms with Crippen LogP contribution in [0.4, 0.5) is 0 Å². The SMILES string of the molecule is [2H]c1c([2H])c([2H])c(-c2ccc3c(c2-[n+]2[c-]n(-c4cccc(Oc5ccc6c7ccccc7n(-c7cc(C(C)(C)C)ccn7)c6c5)c4)c4ccccc42)-c2cc4c(cc2-c2cc5c(cc2-c2ccccc2-3)C(C)(C)CCC5(C)C)C(C)(C)CCC4(C)C)c([2H])c1[2H]. The quantitative estimate of drug-likeness (QED) is 0.123. The van der Waals surface area contributed by atoms with Crippen molar-refractivity contribution < 1.29 is 16.2 Å². The largest absolute Gasteiger partial charge is 0.458 e. The van der Waals surface area contributed by atoms with Crippen LogP contribution in [-0.2, 0) is 27.1 Å². The number of para-hydroxylation sites is 3. The first-order chi connectivity index (χ1) is 42.8. The molecule has 0 saturated heterocycles. The standard InChI is InChI=1S/C80H74N4O/c1-76(2,3)51-36-41-81-73(42-51)84-69-29-18-17-28-58(69)59-33-32-54(44-72(59)84)85-53-25-21-24-52(43-53)82-49-83(71-31-20-19-30-70(71)82)75-55(50-22-13-12-14-23-50)34-35-60-56-26-15-16-27-57(56)61-45-65-66(78(6,7)38-37-77(65,4)5)46-62(61)63-47-67-68(48-64(63)74(60)75)80(10,11)40-39-79(67,8)9/h12-36,41-48H,37-40H2,1-11H3/i12D,13D,14D,22D,23D. The van der Waals surface area contributed by atoms with Crippen molar-refractivity contribution >= 4 is 32.8 Å². The molecule has 9 aromatic carbocycles. The smallest absolute Gasteiger partial charge is 0.269 e. The normalized spacial score (nSPS) is 17.0. The third kappa shape index (κ3) is 8.46. The highest BCUT2D eigenvalue weighted by Crippen LogP contribution is 2.58. The lowest BCUT2D eigenvalue weighted by Gasteiger charge is -2.44. The highest BCUT2D eigenvalue weighted by Gasteiger charge is 2.42. The maximum Gasteiger partial charge on any atom is 0.269 e. The number of ether oxygens (including phenoxy) is 1. The molecule has 0 fully saturated rings. The van der Waals surface area contributed by atoms with Crippen molar-refractivity contribution in [1.29, 1.82) is 0 Å². The summed E-state index contributed by atoms with van der Waals surface area (Å²) in [5.74, 6) is 2.13. The van der Waals surface area contributed by atoms with Gasteiger partial charge in [0.1, 0.15) is 17.3 Å². The van der Waals surface area contributed by atoms with Crippen LogP contribution in [0.2, 0.25) is 0 Å². The summed E-state index contributed by atoms with van der Waals surface area (Å²) in [6, 6.07) is 56.5. The molecule has 5 heteroatoms. The van der Waals surface area contributed by atoms with Crippen LogP contribution in [0.1, 0.15) is 137 Å². The molecule has 0 saturated carbocycles. The zero-order chi connectivity index (χ0) is 62.9. The summed E-state index contributed by atoms with van der Waals surface area (Å²) in [4.78, 5) is 4.93.